The summed E-state index contributed by atoms with van der Waals surface area (Å²) in [5.74, 6) is 0.00247. The van der Waals surface area contributed by atoms with Crippen molar-refractivity contribution in [3.05, 3.63) is 81.4 Å². The smallest absolute Gasteiger partial charge is 0.343 e. The van der Waals surface area contributed by atoms with Gasteiger partial charge in [0.1, 0.15) is 16.7 Å². The second-order valence-corrected chi connectivity index (χ2v) is 7.09. The summed E-state index contributed by atoms with van der Waals surface area (Å²) in [5, 5.41) is 8.98. The molecule has 128 valence electrons. The minimum atomic E-state index is -0.414. The van der Waals surface area contributed by atoms with Crippen LogP contribution >= 0.6 is 22.6 Å². The molecule has 0 N–H and O–H groups in total. The summed E-state index contributed by atoms with van der Waals surface area (Å²) in [6, 6.07) is 20.4. The Balaban J connectivity index is 1.72. The van der Waals surface area contributed by atoms with Crippen LogP contribution in [0.25, 0.3) is 16.7 Å². The van der Waals surface area contributed by atoms with E-state index in [2.05, 4.69) is 32.8 Å². The molecule has 0 radical (unpaired) electrons. The van der Waals surface area contributed by atoms with Gasteiger partial charge >= 0.3 is 5.97 Å². The number of carbonyl (C=O) groups is 1. The molecule has 0 atom stereocenters. The fourth-order valence-corrected chi connectivity index (χ4v) is 2.94. The van der Waals surface area contributed by atoms with Gasteiger partial charge in [-0.2, -0.15) is 0 Å². The highest BCUT2D eigenvalue weighted by molar-refractivity contribution is 14.1. The quantitative estimate of drug-likeness (QED) is 0.258. The zero-order valence-electron chi connectivity index (χ0n) is 13.9. The van der Waals surface area contributed by atoms with Gasteiger partial charge in [-0.1, -0.05) is 18.2 Å². The van der Waals surface area contributed by atoms with Crippen LogP contribution in [-0.2, 0) is 0 Å². The van der Waals surface area contributed by atoms with E-state index in [1.807, 2.05) is 55.5 Å². The number of rotatable bonds is 3. The van der Waals surface area contributed by atoms with Crippen LogP contribution in [0.2, 0.25) is 0 Å². The number of nitrogens with zero attached hydrogens (tertiary/aromatic N) is 3. The number of ether oxygens (including phenoxy) is 1. The summed E-state index contributed by atoms with van der Waals surface area (Å²) in [4.78, 5) is 14.0. The topological polar surface area (TPSA) is 57.0 Å². The maximum Gasteiger partial charge on any atom is 0.343 e. The van der Waals surface area contributed by atoms with Gasteiger partial charge in [0.15, 0.2) is 5.75 Å². The molecule has 5 nitrogen and oxygen atoms in total. The Morgan fingerprint density at radius 3 is 2.27 bits per heavy atom. The van der Waals surface area contributed by atoms with E-state index in [0.29, 0.717) is 17.0 Å². The molecule has 1 aromatic heterocycles. The second-order valence-electron chi connectivity index (χ2n) is 5.85. The van der Waals surface area contributed by atoms with Crippen LogP contribution in [0.1, 0.15) is 15.9 Å². The molecule has 3 aromatic carbocycles. The van der Waals surface area contributed by atoms with E-state index in [4.69, 9.17) is 4.74 Å². The minimum absolute atomic E-state index is 0.414. The molecular formula is C20H14IN3O2. The predicted molar refractivity (Wildman–Crippen MR) is 108 cm³/mol. The first-order valence-electron chi connectivity index (χ1n) is 8.01. The third-order valence-corrected chi connectivity index (χ3v) is 4.62. The highest BCUT2D eigenvalue weighted by Crippen LogP contribution is 2.25. The highest BCUT2D eigenvalue weighted by atomic mass is 127. The standard InChI is InChI=1S/C20H14IN3O2/c1-13-6-11-19(26-20(25)14-7-9-15(21)10-8-14)18(12-13)24-22-16-4-2-3-5-17(16)23-24/h2-12H,1H3. The SMILES string of the molecule is Cc1ccc(OC(=O)c2ccc(I)cc2)c(-n2nc3ccccc3n2)c1. The first-order chi connectivity index (χ1) is 12.6. The van der Waals surface area contributed by atoms with Crippen molar-refractivity contribution < 1.29 is 9.53 Å². The Kier molecular flexibility index (Phi) is 4.42. The summed E-state index contributed by atoms with van der Waals surface area (Å²) >= 11 is 2.19. The van der Waals surface area contributed by atoms with Crippen molar-refractivity contribution in [2.45, 2.75) is 6.92 Å². The van der Waals surface area contributed by atoms with Crippen molar-refractivity contribution >= 4 is 39.6 Å². The van der Waals surface area contributed by atoms with Crippen molar-refractivity contribution in [3.63, 3.8) is 0 Å². The molecule has 26 heavy (non-hydrogen) atoms. The molecular weight excluding hydrogens is 441 g/mol. The molecule has 0 spiro atoms. The summed E-state index contributed by atoms with van der Waals surface area (Å²) < 4.78 is 6.69. The Labute approximate surface area is 163 Å². The highest BCUT2D eigenvalue weighted by Gasteiger charge is 2.15. The monoisotopic (exact) mass is 455 g/mol. The van der Waals surface area contributed by atoms with Gasteiger partial charge in [-0.3, -0.25) is 0 Å². The summed E-state index contributed by atoms with van der Waals surface area (Å²) in [6.07, 6.45) is 0. The van der Waals surface area contributed by atoms with Gasteiger partial charge in [0.25, 0.3) is 0 Å². The van der Waals surface area contributed by atoms with Crippen LogP contribution in [0.5, 0.6) is 5.75 Å². The lowest BCUT2D eigenvalue weighted by atomic mass is 10.2. The summed E-state index contributed by atoms with van der Waals surface area (Å²) in [6.45, 7) is 1.97. The van der Waals surface area contributed by atoms with Gasteiger partial charge in [0.2, 0.25) is 0 Å². The fourth-order valence-electron chi connectivity index (χ4n) is 2.58. The fraction of sp³-hybridized carbons (Fsp3) is 0.0500. The number of aryl methyl sites for hydroxylation is 1. The second kappa shape index (κ2) is 6.87. The third-order valence-electron chi connectivity index (χ3n) is 3.90. The molecule has 0 aliphatic rings. The van der Waals surface area contributed by atoms with Gasteiger partial charge in [-0.25, -0.2) is 4.79 Å². The van der Waals surface area contributed by atoms with Crippen LogP contribution in [0.3, 0.4) is 0 Å². The Bertz CT molecular complexity index is 1070. The van der Waals surface area contributed by atoms with Crippen LogP contribution in [0.4, 0.5) is 0 Å². The molecule has 0 saturated carbocycles. The number of halogens is 1. The number of hydrogen-bond acceptors (Lipinski definition) is 4. The van der Waals surface area contributed by atoms with Crippen molar-refractivity contribution in [3.8, 4) is 11.4 Å². The van der Waals surface area contributed by atoms with Crippen LogP contribution in [0, 0.1) is 10.5 Å². The molecule has 4 aromatic rings. The van der Waals surface area contributed by atoms with Crippen molar-refractivity contribution in [1.29, 1.82) is 0 Å². The first kappa shape index (κ1) is 16.7. The average molecular weight is 455 g/mol. The zero-order chi connectivity index (χ0) is 18.1. The van der Waals surface area contributed by atoms with E-state index in [-0.39, 0.29) is 0 Å². The normalized spacial score (nSPS) is 10.8. The zero-order valence-corrected chi connectivity index (χ0v) is 16.0. The molecule has 0 saturated heterocycles. The van der Waals surface area contributed by atoms with Gasteiger partial charge < -0.3 is 4.74 Å². The van der Waals surface area contributed by atoms with Crippen molar-refractivity contribution in [2.75, 3.05) is 0 Å². The molecule has 0 fully saturated rings. The number of fused-ring (bicyclic) bond motifs is 1. The molecule has 0 aliphatic carbocycles. The molecule has 1 heterocycles. The Morgan fingerprint density at radius 1 is 0.962 bits per heavy atom. The largest absolute Gasteiger partial charge is 0.421 e. The van der Waals surface area contributed by atoms with E-state index in [1.54, 1.807) is 18.2 Å². The third kappa shape index (κ3) is 3.32. The van der Waals surface area contributed by atoms with Crippen molar-refractivity contribution in [1.82, 2.24) is 15.0 Å². The van der Waals surface area contributed by atoms with Gasteiger partial charge in [-0.15, -0.1) is 15.0 Å². The maximum atomic E-state index is 12.5. The Morgan fingerprint density at radius 2 is 1.62 bits per heavy atom. The van der Waals surface area contributed by atoms with E-state index in [1.165, 1.54) is 4.80 Å². The molecule has 0 aliphatic heterocycles. The molecule has 6 heteroatoms. The number of hydrogen-bond donors (Lipinski definition) is 0. The van der Waals surface area contributed by atoms with E-state index in [9.17, 15) is 4.79 Å². The van der Waals surface area contributed by atoms with Crippen molar-refractivity contribution in [2.24, 2.45) is 0 Å². The van der Waals surface area contributed by atoms with Crippen LogP contribution < -0.4 is 4.74 Å². The maximum absolute atomic E-state index is 12.5. The van der Waals surface area contributed by atoms with E-state index >= 15 is 0 Å². The molecule has 0 amide bonds. The predicted octanol–water partition coefficient (Wildman–Crippen LogP) is 4.55. The average Bonchev–Trinajstić information content (AvgIpc) is 3.07. The first-order valence-corrected chi connectivity index (χ1v) is 9.09. The van der Waals surface area contributed by atoms with Crippen LogP contribution in [0.15, 0.2) is 66.7 Å². The van der Waals surface area contributed by atoms with E-state index in [0.717, 1.165) is 20.2 Å². The lowest BCUT2D eigenvalue weighted by Crippen LogP contribution is -2.11. The van der Waals surface area contributed by atoms with Crippen LogP contribution in [-0.4, -0.2) is 21.0 Å². The summed E-state index contributed by atoms with van der Waals surface area (Å²) in [5.41, 5.74) is 3.71. The number of benzene rings is 3. The number of aromatic nitrogens is 3. The summed E-state index contributed by atoms with van der Waals surface area (Å²) in [7, 11) is 0. The molecule has 4 rings (SSSR count). The Hall–Kier alpha value is -2.74. The van der Waals surface area contributed by atoms with Gasteiger partial charge in [0.05, 0.1) is 5.56 Å². The van der Waals surface area contributed by atoms with Gasteiger partial charge in [-0.05, 0) is 83.6 Å². The van der Waals surface area contributed by atoms with Gasteiger partial charge in [0, 0.05) is 3.57 Å². The number of esters is 1. The molecule has 0 unspecified atom stereocenters. The lowest BCUT2D eigenvalue weighted by Gasteiger charge is -2.10. The molecule has 0 bridgehead atoms. The minimum Gasteiger partial charge on any atom is -0.421 e. The van der Waals surface area contributed by atoms with E-state index < -0.39 is 5.97 Å². The number of carbonyl (C=O) groups excluding carboxylic acids is 1. The lowest BCUT2D eigenvalue weighted by molar-refractivity contribution is 0.0734.